The van der Waals surface area contributed by atoms with Crippen molar-refractivity contribution in [2.45, 2.75) is 13.3 Å². The Labute approximate surface area is 165 Å². The second kappa shape index (κ2) is 9.26. The lowest BCUT2D eigenvalue weighted by Gasteiger charge is -2.36. The molecule has 1 aliphatic rings. The molecule has 0 N–H and O–H groups in total. The number of benzene rings is 2. The highest BCUT2D eigenvalue weighted by atomic mass is 16.5. The summed E-state index contributed by atoms with van der Waals surface area (Å²) < 4.78 is 10.4. The van der Waals surface area contributed by atoms with Crippen LogP contribution < -0.4 is 9.64 Å². The lowest BCUT2D eigenvalue weighted by molar-refractivity contribution is -0.134. The van der Waals surface area contributed by atoms with E-state index in [9.17, 15) is 9.59 Å². The van der Waals surface area contributed by atoms with E-state index < -0.39 is 5.97 Å². The van der Waals surface area contributed by atoms with E-state index in [0.717, 1.165) is 36.5 Å². The van der Waals surface area contributed by atoms with Crippen molar-refractivity contribution in [3.63, 3.8) is 0 Å². The smallest absolute Gasteiger partial charge is 0.338 e. The number of ether oxygens (including phenoxy) is 2. The molecule has 0 unspecified atom stereocenters. The first-order chi connectivity index (χ1) is 13.6. The van der Waals surface area contributed by atoms with Crippen molar-refractivity contribution in [1.82, 2.24) is 4.90 Å². The first kappa shape index (κ1) is 19.7. The van der Waals surface area contributed by atoms with Crippen LogP contribution in [-0.4, -0.2) is 56.7 Å². The summed E-state index contributed by atoms with van der Waals surface area (Å²) in [6, 6.07) is 15.2. The van der Waals surface area contributed by atoms with Gasteiger partial charge < -0.3 is 19.3 Å². The average molecular weight is 382 g/mol. The topological polar surface area (TPSA) is 59.1 Å². The van der Waals surface area contributed by atoms with E-state index in [2.05, 4.69) is 11.8 Å². The molecule has 148 valence electrons. The number of methoxy groups -OCH3 is 1. The molecule has 6 nitrogen and oxygen atoms in total. The van der Waals surface area contributed by atoms with Crippen molar-refractivity contribution in [3.8, 4) is 5.75 Å². The number of esters is 1. The molecule has 28 heavy (non-hydrogen) atoms. The van der Waals surface area contributed by atoms with Crippen LogP contribution >= 0.6 is 0 Å². The number of piperazine rings is 1. The predicted molar refractivity (Wildman–Crippen MR) is 108 cm³/mol. The summed E-state index contributed by atoms with van der Waals surface area (Å²) in [6.45, 7) is 4.52. The number of carbonyl (C=O) groups is 2. The Morgan fingerprint density at radius 3 is 2.14 bits per heavy atom. The summed E-state index contributed by atoms with van der Waals surface area (Å²) in [4.78, 5) is 28.5. The molecule has 0 aliphatic carbocycles. The molecule has 6 heteroatoms. The molecule has 3 rings (SSSR count). The Balaban J connectivity index is 1.46. The first-order valence-corrected chi connectivity index (χ1v) is 9.53. The molecule has 0 radical (unpaired) electrons. The monoisotopic (exact) mass is 382 g/mol. The summed E-state index contributed by atoms with van der Waals surface area (Å²) in [5, 5.41) is 0. The van der Waals surface area contributed by atoms with Gasteiger partial charge in [-0.15, -0.1) is 0 Å². The molecule has 1 amide bonds. The second-order valence-corrected chi connectivity index (χ2v) is 6.69. The lowest BCUT2D eigenvalue weighted by Crippen LogP contribution is -2.49. The number of carbonyl (C=O) groups excluding carboxylic acids is 2. The van der Waals surface area contributed by atoms with Gasteiger partial charge in [-0.3, -0.25) is 4.79 Å². The molecule has 2 aromatic carbocycles. The third kappa shape index (κ3) is 4.82. The van der Waals surface area contributed by atoms with Gasteiger partial charge in [0, 0.05) is 31.9 Å². The van der Waals surface area contributed by atoms with Gasteiger partial charge in [-0.2, -0.15) is 0 Å². The molecule has 1 aliphatic heterocycles. The highest BCUT2D eigenvalue weighted by Gasteiger charge is 2.22. The number of amides is 1. The normalized spacial score (nSPS) is 13.9. The van der Waals surface area contributed by atoms with E-state index in [4.69, 9.17) is 9.47 Å². The Morgan fingerprint density at radius 2 is 1.57 bits per heavy atom. The Kier molecular flexibility index (Phi) is 6.53. The zero-order chi connectivity index (χ0) is 19.9. The fourth-order valence-electron chi connectivity index (χ4n) is 3.19. The minimum absolute atomic E-state index is 0.159. The maximum atomic E-state index is 12.4. The summed E-state index contributed by atoms with van der Waals surface area (Å²) >= 11 is 0. The molecule has 1 fully saturated rings. The van der Waals surface area contributed by atoms with Crippen LogP contribution in [0.3, 0.4) is 0 Å². The quantitative estimate of drug-likeness (QED) is 0.719. The van der Waals surface area contributed by atoms with Gasteiger partial charge in [-0.1, -0.05) is 19.1 Å². The largest absolute Gasteiger partial charge is 0.497 e. The van der Waals surface area contributed by atoms with Gasteiger partial charge in [0.15, 0.2) is 6.61 Å². The average Bonchev–Trinajstić information content (AvgIpc) is 2.77. The number of nitrogens with zero attached hydrogens (tertiary/aromatic N) is 2. The third-order valence-electron chi connectivity index (χ3n) is 4.99. The van der Waals surface area contributed by atoms with Gasteiger partial charge in [0.25, 0.3) is 5.91 Å². The van der Waals surface area contributed by atoms with Crippen LogP contribution in [0.1, 0.15) is 22.8 Å². The number of aryl methyl sites for hydroxylation is 1. The fourth-order valence-corrected chi connectivity index (χ4v) is 3.19. The van der Waals surface area contributed by atoms with Crippen molar-refractivity contribution in [3.05, 3.63) is 59.7 Å². The molecular formula is C22H26N2O4. The maximum absolute atomic E-state index is 12.4. The minimum Gasteiger partial charge on any atom is -0.497 e. The van der Waals surface area contributed by atoms with Gasteiger partial charge >= 0.3 is 5.97 Å². The van der Waals surface area contributed by atoms with Crippen LogP contribution in [0, 0.1) is 0 Å². The summed E-state index contributed by atoms with van der Waals surface area (Å²) in [5.74, 6) is 0.199. The molecule has 0 spiro atoms. The van der Waals surface area contributed by atoms with Crippen molar-refractivity contribution in [2.24, 2.45) is 0 Å². The van der Waals surface area contributed by atoms with E-state index >= 15 is 0 Å². The standard InChI is InChI=1S/C22H26N2O4/c1-3-17-4-6-18(7-5-17)22(26)28-16-21(25)24-14-12-23(13-15-24)19-8-10-20(27-2)11-9-19/h4-11H,3,12-16H2,1-2H3. The Morgan fingerprint density at radius 1 is 0.929 bits per heavy atom. The molecule has 1 saturated heterocycles. The van der Waals surface area contributed by atoms with Gasteiger partial charge in [0.05, 0.1) is 12.7 Å². The van der Waals surface area contributed by atoms with E-state index in [1.807, 2.05) is 36.4 Å². The zero-order valence-electron chi connectivity index (χ0n) is 16.4. The zero-order valence-corrected chi connectivity index (χ0v) is 16.4. The summed E-state index contributed by atoms with van der Waals surface area (Å²) in [6.07, 6.45) is 0.913. The Hall–Kier alpha value is -3.02. The number of rotatable bonds is 6. The molecule has 0 saturated carbocycles. The van der Waals surface area contributed by atoms with Gasteiger partial charge in [0.1, 0.15) is 5.75 Å². The summed E-state index contributed by atoms with van der Waals surface area (Å²) in [5.41, 5.74) is 2.73. The summed E-state index contributed by atoms with van der Waals surface area (Å²) in [7, 11) is 1.65. The van der Waals surface area contributed by atoms with E-state index in [1.165, 1.54) is 0 Å². The number of hydrogen-bond acceptors (Lipinski definition) is 5. The lowest BCUT2D eigenvalue weighted by atomic mass is 10.1. The molecule has 0 bridgehead atoms. The van der Waals surface area contributed by atoms with Gasteiger partial charge in [-0.05, 0) is 48.4 Å². The van der Waals surface area contributed by atoms with Gasteiger partial charge in [0.2, 0.25) is 0 Å². The van der Waals surface area contributed by atoms with Gasteiger partial charge in [-0.25, -0.2) is 4.79 Å². The number of anilines is 1. The van der Waals surface area contributed by atoms with Crippen molar-refractivity contribution in [2.75, 3.05) is 44.8 Å². The molecular weight excluding hydrogens is 356 g/mol. The number of hydrogen-bond donors (Lipinski definition) is 0. The van der Waals surface area contributed by atoms with Crippen LogP contribution in [0.25, 0.3) is 0 Å². The second-order valence-electron chi connectivity index (χ2n) is 6.69. The minimum atomic E-state index is -0.465. The third-order valence-corrected chi connectivity index (χ3v) is 4.99. The molecule has 0 atom stereocenters. The van der Waals surface area contributed by atoms with E-state index in [1.54, 1.807) is 24.1 Å². The highest BCUT2D eigenvalue weighted by molar-refractivity contribution is 5.91. The Bertz CT molecular complexity index is 794. The fraction of sp³-hybridized carbons (Fsp3) is 0.364. The van der Waals surface area contributed by atoms with E-state index in [-0.39, 0.29) is 12.5 Å². The van der Waals surface area contributed by atoms with Crippen LogP contribution in [0.2, 0.25) is 0 Å². The first-order valence-electron chi connectivity index (χ1n) is 9.53. The van der Waals surface area contributed by atoms with Crippen LogP contribution in [0.15, 0.2) is 48.5 Å². The van der Waals surface area contributed by atoms with Crippen LogP contribution in [-0.2, 0) is 16.0 Å². The SMILES string of the molecule is CCc1ccc(C(=O)OCC(=O)N2CCN(c3ccc(OC)cc3)CC2)cc1. The van der Waals surface area contributed by atoms with Crippen molar-refractivity contribution in [1.29, 1.82) is 0 Å². The van der Waals surface area contributed by atoms with Crippen molar-refractivity contribution >= 4 is 17.6 Å². The van der Waals surface area contributed by atoms with Crippen molar-refractivity contribution < 1.29 is 19.1 Å². The van der Waals surface area contributed by atoms with Crippen LogP contribution in [0.4, 0.5) is 5.69 Å². The maximum Gasteiger partial charge on any atom is 0.338 e. The van der Waals surface area contributed by atoms with E-state index in [0.29, 0.717) is 18.7 Å². The highest BCUT2D eigenvalue weighted by Crippen LogP contribution is 2.20. The molecule has 0 aromatic heterocycles. The predicted octanol–water partition coefficient (Wildman–Crippen LogP) is 2.76. The molecule has 2 aromatic rings. The molecule has 1 heterocycles. The van der Waals surface area contributed by atoms with Crippen LogP contribution in [0.5, 0.6) is 5.75 Å².